The lowest BCUT2D eigenvalue weighted by molar-refractivity contribution is -0.122. The lowest BCUT2D eigenvalue weighted by atomic mass is 9.64. The fraction of sp³-hybridized carbons (Fsp3) is 0.500. The minimum atomic E-state index is -0.428. The Kier molecular flexibility index (Phi) is 5.17. The van der Waals surface area contributed by atoms with E-state index >= 15 is 0 Å². The molecule has 0 aromatic heterocycles. The number of nitrogens with two attached hydrogens (primary N) is 1. The fourth-order valence-corrected chi connectivity index (χ4v) is 2.38. The van der Waals surface area contributed by atoms with Gasteiger partial charge < -0.3 is 11.1 Å². The molecule has 100 valence electrons. The summed E-state index contributed by atoms with van der Waals surface area (Å²) in [6.45, 7) is 2.42. The number of benzene rings is 1. The van der Waals surface area contributed by atoms with Crippen molar-refractivity contribution >= 4 is 18.3 Å². The summed E-state index contributed by atoms with van der Waals surface area (Å²) in [5, 5.41) is 2.96. The molecule has 2 rings (SSSR count). The standard InChI is InChI=1S/C14H20N2O.ClH/c1-11(15)13(17)16-10-14(8-5-9-14)12-6-3-2-4-7-12;/h2-4,6-7,11H,5,8-10,15H2,1H3,(H,16,17);1H. The molecule has 1 unspecified atom stereocenters. The molecular weight excluding hydrogens is 248 g/mol. The Morgan fingerprint density at radius 1 is 1.39 bits per heavy atom. The zero-order valence-electron chi connectivity index (χ0n) is 10.7. The van der Waals surface area contributed by atoms with Crippen molar-refractivity contribution in [2.24, 2.45) is 5.73 Å². The number of carbonyl (C=O) groups excluding carboxylic acids is 1. The smallest absolute Gasteiger partial charge is 0.236 e. The van der Waals surface area contributed by atoms with Crippen LogP contribution in [0.15, 0.2) is 30.3 Å². The van der Waals surface area contributed by atoms with E-state index < -0.39 is 6.04 Å². The first-order valence-electron chi connectivity index (χ1n) is 6.23. The fourth-order valence-electron chi connectivity index (χ4n) is 2.38. The number of rotatable bonds is 4. The van der Waals surface area contributed by atoms with E-state index in [4.69, 9.17) is 5.73 Å². The van der Waals surface area contributed by atoms with Crippen molar-refractivity contribution < 1.29 is 4.79 Å². The van der Waals surface area contributed by atoms with E-state index in [0.717, 1.165) is 12.8 Å². The van der Waals surface area contributed by atoms with Crippen LogP contribution in [0.5, 0.6) is 0 Å². The van der Waals surface area contributed by atoms with Gasteiger partial charge in [-0.3, -0.25) is 4.79 Å². The Balaban J connectivity index is 0.00000162. The third-order valence-electron chi connectivity index (χ3n) is 3.71. The molecule has 1 aromatic rings. The predicted octanol–water partition coefficient (Wildman–Crippen LogP) is 1.99. The molecule has 18 heavy (non-hydrogen) atoms. The molecule has 0 radical (unpaired) electrons. The largest absolute Gasteiger partial charge is 0.354 e. The number of nitrogens with one attached hydrogen (secondary N) is 1. The molecule has 1 aliphatic rings. The number of amides is 1. The minimum absolute atomic E-state index is 0. The number of halogens is 1. The van der Waals surface area contributed by atoms with Crippen LogP contribution < -0.4 is 11.1 Å². The maximum absolute atomic E-state index is 11.5. The van der Waals surface area contributed by atoms with Gasteiger partial charge >= 0.3 is 0 Å². The van der Waals surface area contributed by atoms with Gasteiger partial charge in [-0.2, -0.15) is 0 Å². The first-order valence-corrected chi connectivity index (χ1v) is 6.23. The van der Waals surface area contributed by atoms with E-state index in [9.17, 15) is 4.79 Å². The van der Waals surface area contributed by atoms with Crippen LogP contribution in [0.4, 0.5) is 0 Å². The highest BCUT2D eigenvalue weighted by Crippen LogP contribution is 2.43. The van der Waals surface area contributed by atoms with Gasteiger partial charge in [0.05, 0.1) is 6.04 Å². The molecule has 1 saturated carbocycles. The lowest BCUT2D eigenvalue weighted by Gasteiger charge is -2.42. The monoisotopic (exact) mass is 268 g/mol. The third kappa shape index (κ3) is 3.03. The summed E-state index contributed by atoms with van der Waals surface area (Å²) in [7, 11) is 0. The van der Waals surface area contributed by atoms with Crippen molar-refractivity contribution in [3.8, 4) is 0 Å². The van der Waals surface area contributed by atoms with Gasteiger partial charge in [-0.05, 0) is 25.3 Å². The van der Waals surface area contributed by atoms with Gasteiger partial charge in [-0.25, -0.2) is 0 Å². The highest BCUT2D eigenvalue weighted by molar-refractivity contribution is 5.85. The molecule has 1 aromatic carbocycles. The molecule has 0 aliphatic heterocycles. The summed E-state index contributed by atoms with van der Waals surface area (Å²) in [5.41, 5.74) is 7.03. The summed E-state index contributed by atoms with van der Waals surface area (Å²) < 4.78 is 0. The maximum atomic E-state index is 11.5. The lowest BCUT2D eigenvalue weighted by Crippen LogP contribution is -2.48. The van der Waals surface area contributed by atoms with Crippen LogP contribution in [0.3, 0.4) is 0 Å². The quantitative estimate of drug-likeness (QED) is 0.878. The number of hydrogen-bond acceptors (Lipinski definition) is 2. The second-order valence-corrected chi connectivity index (χ2v) is 5.01. The summed E-state index contributed by atoms with van der Waals surface area (Å²) in [4.78, 5) is 11.5. The Hall–Kier alpha value is -1.06. The number of carbonyl (C=O) groups is 1. The Morgan fingerprint density at radius 2 is 2.00 bits per heavy atom. The van der Waals surface area contributed by atoms with Gasteiger partial charge in [0.15, 0.2) is 0 Å². The van der Waals surface area contributed by atoms with Crippen molar-refractivity contribution in [1.82, 2.24) is 5.32 Å². The van der Waals surface area contributed by atoms with Gasteiger partial charge in [0.25, 0.3) is 0 Å². The molecule has 1 atom stereocenters. The van der Waals surface area contributed by atoms with Crippen LogP contribution in [-0.4, -0.2) is 18.5 Å². The first-order chi connectivity index (χ1) is 8.14. The number of hydrogen-bond donors (Lipinski definition) is 2. The molecule has 0 bridgehead atoms. The zero-order valence-corrected chi connectivity index (χ0v) is 11.5. The van der Waals surface area contributed by atoms with Gasteiger partial charge in [-0.1, -0.05) is 36.8 Å². The Morgan fingerprint density at radius 3 is 2.44 bits per heavy atom. The highest BCUT2D eigenvalue weighted by atomic mass is 35.5. The van der Waals surface area contributed by atoms with E-state index in [2.05, 4.69) is 29.6 Å². The SMILES string of the molecule is CC(N)C(=O)NCC1(c2ccccc2)CCC1.Cl. The van der Waals surface area contributed by atoms with Crippen LogP contribution in [0, 0.1) is 0 Å². The summed E-state index contributed by atoms with van der Waals surface area (Å²) in [5.74, 6) is -0.0628. The molecule has 0 saturated heterocycles. The van der Waals surface area contributed by atoms with Gasteiger partial charge in [0.1, 0.15) is 0 Å². The Bertz CT molecular complexity index is 388. The predicted molar refractivity (Wildman–Crippen MR) is 75.9 cm³/mol. The molecule has 0 spiro atoms. The van der Waals surface area contributed by atoms with Crippen molar-refractivity contribution in [2.75, 3.05) is 6.54 Å². The zero-order chi connectivity index (χ0) is 12.3. The average molecular weight is 269 g/mol. The van der Waals surface area contributed by atoms with Gasteiger partial charge in [0, 0.05) is 12.0 Å². The highest BCUT2D eigenvalue weighted by Gasteiger charge is 2.38. The second kappa shape index (κ2) is 6.21. The van der Waals surface area contributed by atoms with Crippen molar-refractivity contribution in [3.63, 3.8) is 0 Å². The molecule has 1 aliphatic carbocycles. The topological polar surface area (TPSA) is 55.1 Å². The molecule has 0 heterocycles. The molecule has 1 fully saturated rings. The summed E-state index contributed by atoms with van der Waals surface area (Å²) in [6.07, 6.45) is 3.54. The molecule has 3 N–H and O–H groups in total. The van der Waals surface area contributed by atoms with Gasteiger partial charge in [-0.15, -0.1) is 12.4 Å². The normalized spacial score (nSPS) is 18.1. The second-order valence-electron chi connectivity index (χ2n) is 5.01. The van der Waals surface area contributed by atoms with Crippen LogP contribution in [-0.2, 0) is 10.2 Å². The van der Waals surface area contributed by atoms with Crippen molar-refractivity contribution in [3.05, 3.63) is 35.9 Å². The van der Waals surface area contributed by atoms with Crippen molar-refractivity contribution in [1.29, 1.82) is 0 Å². The molecular formula is C14H21ClN2O. The average Bonchev–Trinajstić information content (AvgIpc) is 2.28. The van der Waals surface area contributed by atoms with Crippen LogP contribution >= 0.6 is 12.4 Å². The molecule has 3 nitrogen and oxygen atoms in total. The summed E-state index contributed by atoms with van der Waals surface area (Å²) in [6, 6.07) is 10.0. The van der Waals surface area contributed by atoms with E-state index in [0.29, 0.717) is 6.54 Å². The van der Waals surface area contributed by atoms with Gasteiger partial charge in [0.2, 0.25) is 5.91 Å². The minimum Gasteiger partial charge on any atom is -0.354 e. The Labute approximate surface area is 115 Å². The van der Waals surface area contributed by atoms with E-state index in [1.807, 2.05) is 6.07 Å². The van der Waals surface area contributed by atoms with Crippen LogP contribution in [0.1, 0.15) is 31.7 Å². The van der Waals surface area contributed by atoms with Crippen LogP contribution in [0.25, 0.3) is 0 Å². The first kappa shape index (κ1) is 15.0. The maximum Gasteiger partial charge on any atom is 0.236 e. The molecule has 1 amide bonds. The molecule has 4 heteroatoms. The van der Waals surface area contributed by atoms with E-state index in [1.54, 1.807) is 6.92 Å². The van der Waals surface area contributed by atoms with Crippen LogP contribution in [0.2, 0.25) is 0 Å². The third-order valence-corrected chi connectivity index (χ3v) is 3.71. The summed E-state index contributed by atoms with van der Waals surface area (Å²) >= 11 is 0. The van der Waals surface area contributed by atoms with E-state index in [-0.39, 0.29) is 23.7 Å². The van der Waals surface area contributed by atoms with Crippen molar-refractivity contribution in [2.45, 2.75) is 37.6 Å². The van der Waals surface area contributed by atoms with E-state index in [1.165, 1.54) is 12.0 Å².